The smallest absolute Gasteiger partial charge is 0.254 e. The third-order valence-electron chi connectivity index (χ3n) is 6.91. The lowest BCUT2D eigenvalue weighted by Crippen LogP contribution is -2.47. The molecular formula is C28H26FN5O4. The number of rotatable bonds is 7. The van der Waals surface area contributed by atoms with E-state index in [0.29, 0.717) is 35.7 Å². The minimum atomic E-state index is -0.693. The van der Waals surface area contributed by atoms with Crippen LogP contribution >= 0.6 is 0 Å². The number of anilines is 1. The number of carbonyl (C=O) groups is 2. The number of nitrogens with one attached hydrogen (secondary N) is 2. The van der Waals surface area contributed by atoms with Gasteiger partial charge in [-0.2, -0.15) is 0 Å². The van der Waals surface area contributed by atoms with E-state index < -0.39 is 11.6 Å². The molecule has 4 heterocycles. The average Bonchev–Trinajstić information content (AvgIpc) is 3.49. The van der Waals surface area contributed by atoms with E-state index in [-0.39, 0.29) is 41.0 Å². The molecular weight excluding hydrogens is 489 g/mol. The lowest BCUT2D eigenvalue weighted by molar-refractivity contribution is -0.133. The molecule has 10 heteroatoms. The van der Waals surface area contributed by atoms with Crippen molar-refractivity contribution in [2.24, 2.45) is 0 Å². The second kappa shape index (κ2) is 9.86. The summed E-state index contributed by atoms with van der Waals surface area (Å²) >= 11 is 0. The summed E-state index contributed by atoms with van der Waals surface area (Å²) in [5, 5.41) is 3.87. The molecule has 3 atom stereocenters. The topological polar surface area (TPSA) is 113 Å². The van der Waals surface area contributed by atoms with E-state index in [1.54, 1.807) is 18.2 Å². The zero-order valence-corrected chi connectivity index (χ0v) is 20.7. The molecule has 2 aromatic carbocycles. The van der Waals surface area contributed by atoms with E-state index in [2.05, 4.69) is 20.3 Å². The number of ketones is 1. The first-order chi connectivity index (χ1) is 18.5. The minimum absolute atomic E-state index is 0.00418. The number of hydrogen-bond donors (Lipinski definition) is 2. The predicted molar refractivity (Wildman–Crippen MR) is 138 cm³/mol. The maximum absolute atomic E-state index is 15.1. The van der Waals surface area contributed by atoms with Gasteiger partial charge in [0.25, 0.3) is 5.91 Å². The summed E-state index contributed by atoms with van der Waals surface area (Å²) in [6.07, 6.45) is 4.19. The van der Waals surface area contributed by atoms with Crippen LogP contribution in [0, 0.1) is 5.82 Å². The van der Waals surface area contributed by atoms with Gasteiger partial charge in [-0.25, -0.2) is 14.4 Å². The van der Waals surface area contributed by atoms with Gasteiger partial charge in [-0.1, -0.05) is 18.2 Å². The van der Waals surface area contributed by atoms with Crippen LogP contribution in [0.25, 0.3) is 11.0 Å². The highest BCUT2D eigenvalue weighted by Crippen LogP contribution is 2.30. The number of aromatic amines is 1. The van der Waals surface area contributed by atoms with Crippen LogP contribution in [0.2, 0.25) is 0 Å². The van der Waals surface area contributed by atoms with Gasteiger partial charge in [0, 0.05) is 31.4 Å². The van der Waals surface area contributed by atoms with Crippen molar-refractivity contribution in [1.29, 1.82) is 0 Å². The van der Waals surface area contributed by atoms with Crippen LogP contribution in [0.3, 0.4) is 0 Å². The number of hydrogen-bond acceptors (Lipinski definition) is 7. The number of nitrogens with zero attached hydrogens (tertiary/aromatic N) is 3. The Balaban J connectivity index is 1.23. The summed E-state index contributed by atoms with van der Waals surface area (Å²) in [4.78, 5) is 39.5. The molecule has 1 amide bonds. The molecule has 2 fully saturated rings. The number of ether oxygens (including phenoxy) is 2. The number of piperidine rings is 1. The number of benzene rings is 2. The molecule has 0 bridgehead atoms. The first kappa shape index (κ1) is 24.1. The summed E-state index contributed by atoms with van der Waals surface area (Å²) in [6, 6.07) is 13.1. The average molecular weight is 516 g/mol. The molecule has 0 radical (unpaired) electrons. The van der Waals surface area contributed by atoms with Crippen LogP contribution < -0.4 is 10.1 Å². The molecule has 6 rings (SSSR count). The van der Waals surface area contributed by atoms with Crippen LogP contribution in [0.5, 0.6) is 11.5 Å². The van der Waals surface area contributed by atoms with Crippen LogP contribution in [-0.4, -0.2) is 62.9 Å². The van der Waals surface area contributed by atoms with E-state index in [1.165, 1.54) is 24.7 Å². The number of H-pyrrole nitrogens is 1. The van der Waals surface area contributed by atoms with Crippen molar-refractivity contribution in [3.8, 4) is 11.5 Å². The summed E-state index contributed by atoms with van der Waals surface area (Å²) in [7, 11) is 0. The summed E-state index contributed by atoms with van der Waals surface area (Å²) in [5.74, 6) is 0.124. The standard InChI is InChI=1S/C28H26FN5O4/c1-16-25(37-16)28(36)34-11-5-6-17(14-34)33-27-23-21(13-30-26(23)31-15-32-27)24(35)20-10-9-19(12-22(20)29)38-18-7-3-2-4-8-18/h2-4,7-10,12-13,15-17,25H,5-6,11,14H2,1H3,(H2,30,31,32,33). The predicted octanol–water partition coefficient (Wildman–Crippen LogP) is 4.31. The molecule has 38 heavy (non-hydrogen) atoms. The number of likely N-dealkylation sites (tertiary alicyclic amines) is 1. The third-order valence-corrected chi connectivity index (χ3v) is 6.91. The fraction of sp³-hybridized carbons (Fsp3) is 0.286. The Morgan fingerprint density at radius 3 is 2.71 bits per heavy atom. The largest absolute Gasteiger partial charge is 0.457 e. The number of aromatic nitrogens is 3. The molecule has 0 spiro atoms. The van der Waals surface area contributed by atoms with Crippen molar-refractivity contribution in [2.45, 2.75) is 38.0 Å². The van der Waals surface area contributed by atoms with Gasteiger partial charge < -0.3 is 24.7 Å². The maximum atomic E-state index is 15.1. The Morgan fingerprint density at radius 2 is 1.95 bits per heavy atom. The van der Waals surface area contributed by atoms with Gasteiger partial charge in [-0.05, 0) is 44.0 Å². The first-order valence-corrected chi connectivity index (χ1v) is 12.6. The van der Waals surface area contributed by atoms with Gasteiger partial charge in [0.1, 0.15) is 35.1 Å². The number of fused-ring (bicyclic) bond motifs is 1. The summed E-state index contributed by atoms with van der Waals surface area (Å²) < 4.78 is 26.1. The van der Waals surface area contributed by atoms with Crippen LogP contribution in [0.15, 0.2) is 61.1 Å². The second-order valence-electron chi connectivity index (χ2n) is 9.56. The van der Waals surface area contributed by atoms with Crippen molar-refractivity contribution >= 4 is 28.5 Å². The van der Waals surface area contributed by atoms with E-state index in [4.69, 9.17) is 9.47 Å². The van der Waals surface area contributed by atoms with E-state index in [1.807, 2.05) is 30.0 Å². The Bertz CT molecular complexity index is 1510. The van der Waals surface area contributed by atoms with E-state index in [0.717, 1.165) is 12.8 Å². The Morgan fingerprint density at radius 1 is 1.13 bits per heavy atom. The lowest BCUT2D eigenvalue weighted by atomic mass is 10.0. The van der Waals surface area contributed by atoms with Gasteiger partial charge >= 0.3 is 0 Å². The number of para-hydroxylation sites is 1. The van der Waals surface area contributed by atoms with Gasteiger partial charge in [0.15, 0.2) is 11.9 Å². The first-order valence-electron chi connectivity index (χ1n) is 12.6. The molecule has 194 valence electrons. The maximum Gasteiger partial charge on any atom is 0.254 e. The highest BCUT2D eigenvalue weighted by atomic mass is 19.1. The zero-order valence-electron chi connectivity index (χ0n) is 20.7. The van der Waals surface area contributed by atoms with Crippen molar-refractivity contribution in [2.75, 3.05) is 18.4 Å². The van der Waals surface area contributed by atoms with Crippen LogP contribution in [0.4, 0.5) is 10.2 Å². The van der Waals surface area contributed by atoms with Crippen molar-refractivity contribution in [3.63, 3.8) is 0 Å². The molecule has 2 aliphatic rings. The fourth-order valence-electron chi connectivity index (χ4n) is 4.88. The number of epoxide rings is 1. The van der Waals surface area contributed by atoms with Crippen molar-refractivity contribution in [3.05, 3.63) is 78.0 Å². The Labute approximate surface area is 218 Å². The molecule has 3 unspecified atom stereocenters. The monoisotopic (exact) mass is 515 g/mol. The highest BCUT2D eigenvalue weighted by Gasteiger charge is 2.44. The molecule has 0 saturated carbocycles. The number of halogens is 1. The fourth-order valence-corrected chi connectivity index (χ4v) is 4.88. The van der Waals surface area contributed by atoms with Gasteiger partial charge in [0.05, 0.1) is 22.6 Å². The Hall–Kier alpha value is -4.31. The SMILES string of the molecule is CC1OC1C(=O)N1CCCC(Nc2ncnc3[nH]cc(C(=O)c4ccc(Oc5ccccc5)cc4F)c23)C1. The van der Waals surface area contributed by atoms with E-state index in [9.17, 15) is 9.59 Å². The number of amides is 1. The molecule has 2 aliphatic heterocycles. The molecule has 2 N–H and O–H groups in total. The Kier molecular flexibility index (Phi) is 6.24. The van der Waals surface area contributed by atoms with E-state index >= 15 is 4.39 Å². The lowest BCUT2D eigenvalue weighted by Gasteiger charge is -2.33. The van der Waals surface area contributed by atoms with Gasteiger partial charge in [-0.3, -0.25) is 9.59 Å². The zero-order chi connectivity index (χ0) is 26.2. The summed E-state index contributed by atoms with van der Waals surface area (Å²) in [6.45, 7) is 3.07. The molecule has 4 aromatic rings. The minimum Gasteiger partial charge on any atom is -0.457 e. The van der Waals surface area contributed by atoms with Crippen molar-refractivity contribution in [1.82, 2.24) is 19.9 Å². The molecule has 2 aromatic heterocycles. The second-order valence-corrected chi connectivity index (χ2v) is 9.56. The highest BCUT2D eigenvalue weighted by molar-refractivity contribution is 6.18. The van der Waals surface area contributed by atoms with Crippen LogP contribution in [-0.2, 0) is 9.53 Å². The molecule has 0 aliphatic carbocycles. The van der Waals surface area contributed by atoms with Gasteiger partial charge in [0.2, 0.25) is 0 Å². The normalized spacial score (nSPS) is 20.8. The van der Waals surface area contributed by atoms with Crippen LogP contribution in [0.1, 0.15) is 35.7 Å². The number of carbonyl (C=O) groups excluding carboxylic acids is 2. The van der Waals surface area contributed by atoms with Crippen molar-refractivity contribution < 1.29 is 23.5 Å². The third kappa shape index (κ3) is 4.70. The summed E-state index contributed by atoms with van der Waals surface area (Å²) in [5.41, 5.74) is 0.621. The molecule has 9 nitrogen and oxygen atoms in total. The van der Waals surface area contributed by atoms with Gasteiger partial charge in [-0.15, -0.1) is 0 Å². The molecule has 2 saturated heterocycles. The quantitative estimate of drug-likeness (QED) is 0.279.